The highest BCUT2D eigenvalue weighted by molar-refractivity contribution is 6.39. The Morgan fingerprint density at radius 1 is 0.492 bits per heavy atom. The van der Waals surface area contributed by atoms with Crippen LogP contribution in [0.1, 0.15) is 54.3 Å². The fourth-order valence-corrected chi connectivity index (χ4v) is 12.0. The maximum absolute atomic E-state index is 15.2. The zero-order valence-corrected chi connectivity index (χ0v) is 70.4. The van der Waals surface area contributed by atoms with Gasteiger partial charge in [0, 0.05) is 77.6 Å². The van der Waals surface area contributed by atoms with Crippen LogP contribution < -0.4 is 38.1 Å². The van der Waals surface area contributed by atoms with Crippen LogP contribution in [0.5, 0.6) is 0 Å². The Hall–Kier alpha value is -9.28. The Kier molecular flexibility index (Phi) is 40.3. The number of anilines is 8. The Labute approximate surface area is 729 Å². The summed E-state index contributed by atoms with van der Waals surface area (Å²) in [7, 11) is 3.41. The van der Waals surface area contributed by atoms with Crippen molar-refractivity contribution in [2.75, 3.05) is 95.5 Å². The molecule has 10 N–H and O–H groups in total. The number of pyridine rings is 4. The number of esters is 2. The molecule has 9 heterocycles. The van der Waals surface area contributed by atoms with Gasteiger partial charge >= 0.3 is 11.9 Å². The molecule has 2 amide bonds. The van der Waals surface area contributed by atoms with Crippen LogP contribution in [0, 0.1) is 23.3 Å². The highest BCUT2D eigenvalue weighted by atomic mass is 35.5. The van der Waals surface area contributed by atoms with Crippen LogP contribution in [0.2, 0.25) is 55.6 Å². The molecule has 29 nitrogen and oxygen atoms in total. The number of benzene rings is 4. The average molecular weight is 1880 g/mol. The Bertz CT molecular complexity index is 5470. The topological polar surface area (TPSA) is 350 Å². The number of hydroxylamine groups is 2. The predicted molar refractivity (Wildman–Crippen MR) is 449 cm³/mol. The number of fused-ring (bicyclic) bond motifs is 4. The number of hydrogen-bond donors (Lipinski definition) is 9. The molecule has 0 bridgehead atoms. The molecule has 0 radical (unpaired) electrons. The molecular weight excluding hydrogens is 1810 g/mol. The number of methoxy groups -OCH3 is 2. The highest BCUT2D eigenvalue weighted by Crippen LogP contribution is 2.39. The molecule has 1 aliphatic rings. The minimum Gasteiger partial charge on any atom is -0.499 e. The largest absolute Gasteiger partial charge is 0.499 e. The third-order valence-electron chi connectivity index (χ3n) is 15.0. The van der Waals surface area contributed by atoms with E-state index in [1.165, 1.54) is 143 Å². The first-order chi connectivity index (χ1) is 56.2. The molecule has 0 saturated carbocycles. The molecule has 0 aliphatic carbocycles. The van der Waals surface area contributed by atoms with E-state index in [-0.39, 0.29) is 142 Å². The van der Waals surface area contributed by atoms with Gasteiger partial charge in [0.2, 0.25) is 0 Å². The van der Waals surface area contributed by atoms with E-state index in [9.17, 15) is 28.0 Å². The average Bonchev–Trinajstić information content (AvgIpc) is 1.41. The van der Waals surface area contributed by atoms with Gasteiger partial charge in [0.1, 0.15) is 53.0 Å². The fraction of sp³-hybridized carbons (Fsp3) is 0.178. The summed E-state index contributed by atoms with van der Waals surface area (Å²) in [5, 5.41) is 30.0. The van der Waals surface area contributed by atoms with Crippen LogP contribution in [-0.4, -0.2) is 146 Å². The third-order valence-corrected chi connectivity index (χ3v) is 18.0. The van der Waals surface area contributed by atoms with E-state index in [0.717, 1.165) is 20.3 Å². The van der Waals surface area contributed by atoms with Crippen molar-refractivity contribution in [1.82, 2.24) is 48.5 Å². The zero-order chi connectivity index (χ0) is 85.6. The van der Waals surface area contributed by atoms with Crippen LogP contribution in [0.3, 0.4) is 0 Å². The van der Waals surface area contributed by atoms with Crippen molar-refractivity contribution in [3.05, 3.63) is 255 Å². The van der Waals surface area contributed by atoms with E-state index in [0.29, 0.717) is 56.1 Å². The lowest BCUT2D eigenvalue weighted by Crippen LogP contribution is -2.27. The minimum absolute atomic E-state index is 0. The molecule has 118 heavy (non-hydrogen) atoms. The monoisotopic (exact) mass is 1870 g/mol. The Balaban J connectivity index is 0.000000231. The van der Waals surface area contributed by atoms with Gasteiger partial charge in [-0.1, -0.05) is 141 Å². The molecule has 0 atom stereocenters. The van der Waals surface area contributed by atoms with E-state index >= 15 is 8.78 Å². The van der Waals surface area contributed by atoms with Crippen LogP contribution in [0.15, 0.2) is 154 Å². The number of aliphatic hydroxyl groups excluding tert-OH is 2. The normalized spacial score (nSPS) is 11.0. The third kappa shape index (κ3) is 26.4. The molecule has 0 spiro atoms. The van der Waals surface area contributed by atoms with E-state index in [1.807, 2.05) is 0 Å². The van der Waals surface area contributed by atoms with E-state index < -0.39 is 47.0 Å². The van der Waals surface area contributed by atoms with Crippen molar-refractivity contribution < 1.29 is 85.1 Å². The minimum atomic E-state index is -0.817. The number of carbonyl (C=O) groups excluding carboxylic acids is 4. The van der Waals surface area contributed by atoms with Gasteiger partial charge in [0.25, 0.3) is 11.8 Å². The number of nitrogens with two attached hydrogens (primary N) is 1. The van der Waals surface area contributed by atoms with Crippen molar-refractivity contribution in [3.63, 3.8) is 0 Å². The van der Waals surface area contributed by atoms with Gasteiger partial charge < -0.3 is 64.4 Å². The molecule has 0 unspecified atom stereocenters. The first-order valence-corrected chi connectivity index (χ1v) is 37.3. The first kappa shape index (κ1) is 97.6. The maximum atomic E-state index is 15.2. The quantitative estimate of drug-likeness (QED) is 0.00892. The van der Waals surface area contributed by atoms with Gasteiger partial charge in [-0.2, -0.15) is 0 Å². The summed E-state index contributed by atoms with van der Waals surface area (Å²) in [6.07, 6.45) is 17.3. The molecule has 8 aromatic heterocycles. The highest BCUT2D eigenvalue weighted by Gasteiger charge is 2.28. The molecule has 13 rings (SSSR count). The van der Waals surface area contributed by atoms with Crippen molar-refractivity contribution in [2.45, 2.75) is 12.8 Å². The first-order valence-electron chi connectivity index (χ1n) is 33.2. The van der Waals surface area contributed by atoms with Crippen LogP contribution in [-0.2, 0) is 38.2 Å². The van der Waals surface area contributed by atoms with E-state index in [1.54, 1.807) is 42.5 Å². The number of aromatic nitrogens is 8. The van der Waals surface area contributed by atoms with Crippen molar-refractivity contribution in [3.8, 4) is 0 Å². The molecule has 4 aromatic carbocycles. The van der Waals surface area contributed by atoms with Crippen molar-refractivity contribution in [1.29, 1.82) is 0 Å². The lowest BCUT2D eigenvalue weighted by Gasteiger charge is -2.15. The number of hydrogen-bond acceptors (Lipinski definition) is 23. The summed E-state index contributed by atoms with van der Waals surface area (Å²) in [6, 6.07) is 18.5. The summed E-state index contributed by atoms with van der Waals surface area (Å²) in [4.78, 5) is 78.7. The van der Waals surface area contributed by atoms with Crippen LogP contribution in [0.4, 0.5) is 63.1 Å². The van der Waals surface area contributed by atoms with Crippen molar-refractivity contribution >= 4 is 232 Å². The second-order valence-electron chi connectivity index (χ2n) is 22.4. The van der Waals surface area contributed by atoms with Crippen LogP contribution >= 0.6 is 140 Å². The smallest absolute Gasteiger partial charge is 0.341 e. The maximum Gasteiger partial charge on any atom is 0.341 e. The zero-order valence-electron chi connectivity index (χ0n) is 61.3. The number of imidazole rings is 4. The van der Waals surface area contributed by atoms with Gasteiger partial charge in [0.05, 0.1) is 135 Å². The van der Waals surface area contributed by atoms with Gasteiger partial charge in [-0.15, -0.1) is 12.4 Å². The molecule has 630 valence electrons. The summed E-state index contributed by atoms with van der Waals surface area (Å²) in [6.45, 7) is 9.39. The molecule has 1 fully saturated rings. The number of halogens is 16. The predicted octanol–water partition coefficient (Wildman–Crippen LogP) is 19.0. The number of nitrogens with zero attached hydrogens (tertiary/aromatic N) is 8. The van der Waals surface area contributed by atoms with Crippen LogP contribution in [0.25, 0.3) is 22.6 Å². The molecule has 12 aromatic rings. The second kappa shape index (κ2) is 48.7. The SMILES string of the molecule is C1CCOC1.C=COCCON.C=COCCONC(=O)c1cn2c(Cl)cnc2c(F)c1Nc1ccc(Cl)cc1Cl.CO.COC(=O)c1cn2c(Cl)cnc2c(F)c1Nc1ccc(Cl)cc1Cl.COC(=O)c1cn2ccnc2c(F)c1Nc1ccc(Cl)cc1Cl.Cl.O=C(NOCCO)c1cn2c(Cl)cnc2c(F)c1Nc1ccc(Cl)cc1Cl. The number of nitrogens with one attached hydrogen (secondary N) is 6. The summed E-state index contributed by atoms with van der Waals surface area (Å²) < 4.78 is 88.8. The number of amides is 2. The molecule has 45 heteroatoms. The lowest BCUT2D eigenvalue weighted by atomic mass is 10.2. The Morgan fingerprint density at radius 3 is 1.14 bits per heavy atom. The fourth-order valence-electron chi connectivity index (χ4n) is 9.68. The van der Waals surface area contributed by atoms with Gasteiger partial charge in [-0.05, 0) is 85.6 Å². The standard InChI is InChI=1S/C18H14Cl3FN4O3.C16H12Cl3FN4O3.C15H9Cl3FN3O2.C15H10Cl2FN3O2.C4H9NO2.C4H8O.CH4O.ClH/c1-2-28-5-6-29-25-18(27)11-9-26-14(21)8-23-17(26)15(22)16(11)24-13-4-3-10(19)7-12(13)20;17-8-1-2-11(10(18)5-8)22-14-9(16(26)23-27-4-3-25)7-24-12(19)6-21-15(24)13(14)20;1-24-15(23)8-6-22-11(18)5-20-14(22)12(19)13(8)21-10-3-2-7(16)4-9(10)17;1-23-15(22)9-7-21-5-4-19-14(21)12(18)13(9)20-11-3-2-8(16)6-10(11)17;1-2-6-3-4-7-5;1-2-4-5-3-1;1-2;/h2-4,7-9,24H,1,5-6H2,(H,25,27);1-2,5-7,22,25H,3-4H2,(H,23,26);2-6,21H,1H3;2-7,20H,1H3;2H,1,3-5H2;1-4H2;2H,1H3;1H. The molecular formula is C73H67Cl12F4N15O14. The Morgan fingerprint density at radius 2 is 0.822 bits per heavy atom. The number of carbonyl (C=O) groups is 4. The van der Waals surface area contributed by atoms with Crippen molar-refractivity contribution in [2.24, 2.45) is 5.90 Å². The summed E-state index contributed by atoms with van der Waals surface area (Å²) >= 11 is 65.9. The second-order valence-corrected chi connectivity index (χ2v) is 27.0. The number of aliphatic hydroxyl groups is 2. The van der Waals surface area contributed by atoms with E-state index in [4.69, 9.17) is 166 Å². The lowest BCUT2D eigenvalue weighted by molar-refractivity contribution is 0.0144. The molecule has 1 aliphatic heterocycles. The van der Waals surface area contributed by atoms with Gasteiger partial charge in [0.15, 0.2) is 45.9 Å². The van der Waals surface area contributed by atoms with Gasteiger partial charge in [-0.3, -0.25) is 32.5 Å². The number of rotatable bonds is 24. The summed E-state index contributed by atoms with van der Waals surface area (Å²) in [5.41, 5.74) is 4.85. The molecule has 1 saturated heterocycles. The number of ether oxygens (including phenoxy) is 5. The van der Waals surface area contributed by atoms with E-state index in [2.05, 4.69) is 80.8 Å². The summed E-state index contributed by atoms with van der Waals surface area (Å²) in [5.74, 6) is -1.33. The van der Waals surface area contributed by atoms with Gasteiger partial charge in [-0.25, -0.2) is 63.9 Å².